The molecule has 1 aromatic heterocycles. The summed E-state index contributed by atoms with van der Waals surface area (Å²) in [5.41, 5.74) is 1.99. The third-order valence-corrected chi connectivity index (χ3v) is 8.20. The van der Waals surface area contributed by atoms with Crippen molar-refractivity contribution in [3.05, 3.63) is 77.6 Å². The minimum absolute atomic E-state index is 0.137. The van der Waals surface area contributed by atoms with Gasteiger partial charge in [-0.1, -0.05) is 30.7 Å². The number of piperidine rings is 1. The van der Waals surface area contributed by atoms with Crippen LogP contribution in [0.5, 0.6) is 11.5 Å². The highest BCUT2D eigenvalue weighted by atomic mass is 32.2. The van der Waals surface area contributed by atoms with E-state index in [1.54, 1.807) is 25.8 Å². The van der Waals surface area contributed by atoms with Crippen molar-refractivity contribution < 1.29 is 22.7 Å². The molecule has 1 amide bonds. The van der Waals surface area contributed by atoms with Gasteiger partial charge in [-0.05, 0) is 54.3 Å². The van der Waals surface area contributed by atoms with Gasteiger partial charge in [0.1, 0.15) is 22.1 Å². The van der Waals surface area contributed by atoms with Crippen molar-refractivity contribution in [1.82, 2.24) is 14.2 Å². The van der Waals surface area contributed by atoms with E-state index < -0.39 is 16.1 Å². The fraction of sp³-hybridized carbons (Fsp3) is 0.346. The number of hydrogen-bond acceptors (Lipinski definition) is 5. The van der Waals surface area contributed by atoms with Crippen LogP contribution in [-0.4, -0.2) is 50.5 Å². The summed E-state index contributed by atoms with van der Waals surface area (Å²) >= 11 is 0. The number of carbonyl (C=O) groups excluding carboxylic acids is 1. The van der Waals surface area contributed by atoms with Crippen LogP contribution in [0.1, 0.15) is 46.9 Å². The molecule has 2 heterocycles. The second-order valence-electron chi connectivity index (χ2n) is 8.59. The molecule has 35 heavy (non-hydrogen) atoms. The van der Waals surface area contributed by atoms with Gasteiger partial charge in [0, 0.05) is 26.3 Å². The van der Waals surface area contributed by atoms with Crippen LogP contribution >= 0.6 is 0 Å². The van der Waals surface area contributed by atoms with Crippen molar-refractivity contribution in [2.75, 3.05) is 27.3 Å². The van der Waals surface area contributed by atoms with Gasteiger partial charge in [-0.2, -0.15) is 4.31 Å². The first kappa shape index (κ1) is 24.8. The molecule has 1 aliphatic rings. The average molecular weight is 498 g/mol. The van der Waals surface area contributed by atoms with Crippen LogP contribution in [0.3, 0.4) is 0 Å². The molecule has 8 nitrogen and oxygen atoms in total. The van der Waals surface area contributed by atoms with Gasteiger partial charge in [0.25, 0.3) is 5.91 Å². The Morgan fingerprint density at radius 3 is 1.89 bits per heavy atom. The van der Waals surface area contributed by atoms with E-state index in [1.807, 2.05) is 48.5 Å². The number of hydrogen-bond donors (Lipinski definition) is 1. The van der Waals surface area contributed by atoms with Crippen LogP contribution < -0.4 is 14.8 Å². The highest BCUT2D eigenvalue weighted by molar-refractivity contribution is 7.89. The highest BCUT2D eigenvalue weighted by Gasteiger charge is 2.29. The molecule has 1 aliphatic heterocycles. The SMILES string of the molecule is COc1ccc(C(NC(=O)c2cc(S(=O)(=O)N3CCCCC3)cn2C)c2ccc(OC)cc2)cc1. The minimum atomic E-state index is -3.64. The predicted molar refractivity (Wildman–Crippen MR) is 133 cm³/mol. The Kier molecular flexibility index (Phi) is 7.47. The summed E-state index contributed by atoms with van der Waals surface area (Å²) in [6, 6.07) is 15.9. The number of nitrogens with one attached hydrogen (secondary N) is 1. The summed E-state index contributed by atoms with van der Waals surface area (Å²) in [6.45, 7) is 1.02. The molecule has 3 aromatic rings. The summed E-state index contributed by atoms with van der Waals surface area (Å²) in [7, 11) is 1.24. The van der Waals surface area contributed by atoms with Crippen molar-refractivity contribution in [2.45, 2.75) is 30.2 Å². The van der Waals surface area contributed by atoms with Gasteiger partial charge >= 0.3 is 0 Å². The fourth-order valence-electron chi connectivity index (χ4n) is 4.31. The maximum Gasteiger partial charge on any atom is 0.268 e. The maximum absolute atomic E-state index is 13.4. The normalized spacial score (nSPS) is 14.6. The van der Waals surface area contributed by atoms with Crippen molar-refractivity contribution in [2.24, 2.45) is 7.05 Å². The molecule has 186 valence electrons. The second kappa shape index (κ2) is 10.5. The molecule has 1 fully saturated rings. The monoisotopic (exact) mass is 497 g/mol. The number of benzene rings is 2. The standard InChI is InChI=1S/C26H31N3O5S/c1-28-18-23(35(31,32)29-15-5-4-6-16-29)17-24(28)26(30)27-25(19-7-11-21(33-2)12-8-19)20-9-13-22(34-3)14-10-20/h7-14,17-18,25H,4-6,15-16H2,1-3H3,(H,27,30). The predicted octanol–water partition coefficient (Wildman–Crippen LogP) is 3.74. The van der Waals surface area contributed by atoms with Crippen molar-refractivity contribution in [3.63, 3.8) is 0 Å². The lowest BCUT2D eigenvalue weighted by molar-refractivity contribution is 0.0934. The van der Waals surface area contributed by atoms with E-state index in [-0.39, 0.29) is 16.5 Å². The molecule has 0 aliphatic carbocycles. The number of ether oxygens (including phenoxy) is 2. The lowest BCUT2D eigenvalue weighted by Gasteiger charge is -2.25. The first-order valence-corrected chi connectivity index (χ1v) is 13.0. The zero-order valence-corrected chi connectivity index (χ0v) is 21.0. The molecule has 0 spiro atoms. The zero-order valence-electron chi connectivity index (χ0n) is 20.2. The van der Waals surface area contributed by atoms with Crippen LogP contribution in [-0.2, 0) is 17.1 Å². The van der Waals surface area contributed by atoms with Crippen molar-refractivity contribution in [1.29, 1.82) is 0 Å². The van der Waals surface area contributed by atoms with E-state index in [1.165, 1.54) is 16.6 Å². The van der Waals surface area contributed by atoms with Crippen molar-refractivity contribution >= 4 is 15.9 Å². The quantitative estimate of drug-likeness (QED) is 0.512. The van der Waals surface area contributed by atoms with Crippen LogP contribution in [0.25, 0.3) is 0 Å². The van der Waals surface area contributed by atoms with Gasteiger partial charge in [-0.25, -0.2) is 8.42 Å². The Bertz CT molecular complexity index is 1210. The Morgan fingerprint density at radius 1 is 0.886 bits per heavy atom. The molecule has 0 bridgehead atoms. The van der Waals surface area contributed by atoms with Gasteiger partial charge in [0.2, 0.25) is 10.0 Å². The van der Waals surface area contributed by atoms with Gasteiger partial charge in [-0.15, -0.1) is 0 Å². The maximum atomic E-state index is 13.4. The number of rotatable bonds is 8. The fourth-order valence-corrected chi connectivity index (χ4v) is 5.90. The van der Waals surface area contributed by atoms with Gasteiger partial charge in [-0.3, -0.25) is 4.79 Å². The molecule has 4 rings (SSSR count). The highest BCUT2D eigenvalue weighted by Crippen LogP contribution is 2.27. The summed E-state index contributed by atoms with van der Waals surface area (Å²) in [5.74, 6) is 1.05. The van der Waals surface area contributed by atoms with E-state index in [2.05, 4.69) is 5.32 Å². The molecule has 2 aromatic carbocycles. The third kappa shape index (κ3) is 5.36. The van der Waals surface area contributed by atoms with Crippen LogP contribution in [0.4, 0.5) is 0 Å². The van der Waals surface area contributed by atoms with Crippen LogP contribution in [0.2, 0.25) is 0 Å². The first-order valence-electron chi connectivity index (χ1n) is 11.6. The molecule has 1 N–H and O–H groups in total. The molecule has 9 heteroatoms. The third-order valence-electron chi connectivity index (χ3n) is 6.34. The van der Waals surface area contributed by atoms with Crippen LogP contribution in [0, 0.1) is 0 Å². The lowest BCUT2D eigenvalue weighted by atomic mass is 9.98. The summed E-state index contributed by atoms with van der Waals surface area (Å²) in [5, 5.41) is 3.08. The number of amides is 1. The molecular weight excluding hydrogens is 466 g/mol. The largest absolute Gasteiger partial charge is 0.497 e. The first-order chi connectivity index (χ1) is 16.8. The Labute approximate surface area is 206 Å². The zero-order chi connectivity index (χ0) is 25.0. The molecule has 0 unspecified atom stereocenters. The number of sulfonamides is 1. The van der Waals surface area contributed by atoms with E-state index >= 15 is 0 Å². The molecular formula is C26H31N3O5S. The summed E-state index contributed by atoms with van der Waals surface area (Å²) in [6.07, 6.45) is 4.25. The summed E-state index contributed by atoms with van der Waals surface area (Å²) < 4.78 is 39.8. The second-order valence-corrected chi connectivity index (χ2v) is 10.5. The van der Waals surface area contributed by atoms with E-state index in [4.69, 9.17) is 9.47 Å². The van der Waals surface area contributed by atoms with Crippen LogP contribution in [0.15, 0.2) is 65.7 Å². The van der Waals surface area contributed by atoms with Gasteiger partial charge in [0.15, 0.2) is 0 Å². The smallest absolute Gasteiger partial charge is 0.268 e. The number of carbonyl (C=O) groups is 1. The number of methoxy groups -OCH3 is 2. The number of aryl methyl sites for hydroxylation is 1. The topological polar surface area (TPSA) is 89.9 Å². The van der Waals surface area contributed by atoms with Gasteiger partial charge < -0.3 is 19.4 Å². The molecule has 0 radical (unpaired) electrons. The Morgan fingerprint density at radius 2 is 1.40 bits per heavy atom. The minimum Gasteiger partial charge on any atom is -0.497 e. The lowest BCUT2D eigenvalue weighted by Crippen LogP contribution is -2.35. The summed E-state index contributed by atoms with van der Waals surface area (Å²) in [4.78, 5) is 13.5. The molecule has 0 atom stereocenters. The molecule has 1 saturated heterocycles. The van der Waals surface area contributed by atoms with E-state index in [0.29, 0.717) is 24.6 Å². The van der Waals surface area contributed by atoms with Gasteiger partial charge in [0.05, 0.1) is 20.3 Å². The molecule has 0 saturated carbocycles. The Hall–Kier alpha value is -3.30. The van der Waals surface area contributed by atoms with E-state index in [9.17, 15) is 13.2 Å². The number of nitrogens with zero attached hydrogens (tertiary/aromatic N) is 2. The average Bonchev–Trinajstić information content (AvgIpc) is 3.30. The van der Waals surface area contributed by atoms with Crippen molar-refractivity contribution in [3.8, 4) is 11.5 Å². The Balaban J connectivity index is 1.63. The van der Waals surface area contributed by atoms with E-state index in [0.717, 1.165) is 30.4 Å². The number of aromatic nitrogens is 1.